The summed E-state index contributed by atoms with van der Waals surface area (Å²) in [6.07, 6.45) is -2.65. The van der Waals surface area contributed by atoms with Crippen molar-refractivity contribution >= 4 is 22.4 Å². The molecule has 0 aliphatic rings. The van der Waals surface area contributed by atoms with Gasteiger partial charge in [0.05, 0.1) is 20.6 Å². The summed E-state index contributed by atoms with van der Waals surface area (Å²) >= 11 is 0.645. The predicted molar refractivity (Wildman–Crippen MR) is 76.7 cm³/mol. The van der Waals surface area contributed by atoms with E-state index in [2.05, 4.69) is 15.5 Å². The molecule has 0 unspecified atom stereocenters. The molecule has 6 nitrogen and oxygen atoms in total. The maximum atomic E-state index is 12.4. The van der Waals surface area contributed by atoms with Crippen LogP contribution in [0.4, 0.5) is 13.9 Å². The van der Waals surface area contributed by atoms with Crippen LogP contribution in [0.2, 0.25) is 0 Å². The first kappa shape index (κ1) is 16.1. The predicted octanol–water partition coefficient (Wildman–Crippen LogP) is 2.67. The van der Waals surface area contributed by atoms with E-state index in [9.17, 15) is 13.6 Å². The average molecular weight is 329 g/mol. The van der Waals surface area contributed by atoms with Gasteiger partial charge in [-0.25, -0.2) is 8.78 Å². The normalized spacial score (nSPS) is 10.6. The van der Waals surface area contributed by atoms with E-state index in [1.807, 2.05) is 0 Å². The molecule has 1 aromatic carbocycles. The first-order valence-electron chi connectivity index (χ1n) is 6.15. The standard InChI is InChI=1S/C13H13F2N3O3S/c1-20-8-4-3-7(5-9(8)21-2)6-10(19)16-13-18-17-12(22-13)11(14)15/h3-5,11H,6H2,1-2H3,(H,16,18,19). The topological polar surface area (TPSA) is 73.3 Å². The highest BCUT2D eigenvalue weighted by Gasteiger charge is 2.15. The summed E-state index contributed by atoms with van der Waals surface area (Å²) in [6.45, 7) is 0. The Morgan fingerprint density at radius 2 is 2.00 bits per heavy atom. The van der Waals surface area contributed by atoms with E-state index < -0.39 is 11.4 Å². The van der Waals surface area contributed by atoms with Gasteiger partial charge in [-0.2, -0.15) is 0 Å². The maximum Gasteiger partial charge on any atom is 0.291 e. The molecule has 9 heteroatoms. The zero-order valence-electron chi connectivity index (χ0n) is 11.8. The van der Waals surface area contributed by atoms with E-state index in [0.29, 0.717) is 28.4 Å². The summed E-state index contributed by atoms with van der Waals surface area (Å²) in [6, 6.07) is 5.07. The highest BCUT2D eigenvalue weighted by atomic mass is 32.1. The Hall–Kier alpha value is -2.29. The second-order valence-corrected chi connectivity index (χ2v) is 5.17. The van der Waals surface area contributed by atoms with Gasteiger partial charge in [-0.15, -0.1) is 10.2 Å². The van der Waals surface area contributed by atoms with Crippen LogP contribution >= 0.6 is 11.3 Å². The molecule has 1 N–H and O–H groups in total. The van der Waals surface area contributed by atoms with Crippen LogP contribution in [0.25, 0.3) is 0 Å². The number of nitrogens with one attached hydrogen (secondary N) is 1. The number of hydrogen-bond acceptors (Lipinski definition) is 6. The number of rotatable bonds is 6. The van der Waals surface area contributed by atoms with Crippen molar-refractivity contribution in [3.63, 3.8) is 0 Å². The van der Waals surface area contributed by atoms with Gasteiger partial charge in [-0.1, -0.05) is 17.4 Å². The van der Waals surface area contributed by atoms with Crippen molar-refractivity contribution < 1.29 is 23.0 Å². The number of hydrogen-bond donors (Lipinski definition) is 1. The molecule has 1 aromatic heterocycles. The van der Waals surface area contributed by atoms with Crippen LogP contribution in [0.1, 0.15) is 17.0 Å². The largest absolute Gasteiger partial charge is 0.493 e. The molecule has 118 valence electrons. The van der Waals surface area contributed by atoms with Gasteiger partial charge in [0.1, 0.15) is 0 Å². The van der Waals surface area contributed by atoms with Crippen LogP contribution in [0.15, 0.2) is 18.2 Å². The summed E-state index contributed by atoms with van der Waals surface area (Å²) in [5, 5.41) is 8.83. The van der Waals surface area contributed by atoms with E-state index >= 15 is 0 Å². The highest BCUT2D eigenvalue weighted by molar-refractivity contribution is 7.15. The minimum absolute atomic E-state index is 0.0424. The number of carbonyl (C=O) groups is 1. The van der Waals surface area contributed by atoms with Gasteiger partial charge < -0.3 is 14.8 Å². The second-order valence-electron chi connectivity index (χ2n) is 4.16. The molecular weight excluding hydrogens is 316 g/mol. The number of amides is 1. The van der Waals surface area contributed by atoms with E-state index in [1.54, 1.807) is 18.2 Å². The van der Waals surface area contributed by atoms with Crippen molar-refractivity contribution in [3.05, 3.63) is 28.8 Å². The third-order valence-electron chi connectivity index (χ3n) is 2.69. The van der Waals surface area contributed by atoms with Crippen molar-refractivity contribution in [2.24, 2.45) is 0 Å². The summed E-state index contributed by atoms with van der Waals surface area (Å²) in [5.41, 5.74) is 0.689. The number of methoxy groups -OCH3 is 2. The monoisotopic (exact) mass is 329 g/mol. The fourth-order valence-corrected chi connectivity index (χ4v) is 2.33. The first-order valence-corrected chi connectivity index (χ1v) is 6.97. The third-order valence-corrected chi connectivity index (χ3v) is 3.53. The molecule has 1 amide bonds. The van der Waals surface area contributed by atoms with Gasteiger partial charge in [0.15, 0.2) is 16.5 Å². The number of nitrogens with zero attached hydrogens (tertiary/aromatic N) is 2. The molecule has 0 atom stereocenters. The lowest BCUT2D eigenvalue weighted by Gasteiger charge is -2.09. The van der Waals surface area contributed by atoms with Crippen LogP contribution in [-0.4, -0.2) is 30.3 Å². The van der Waals surface area contributed by atoms with Gasteiger partial charge in [0, 0.05) is 0 Å². The van der Waals surface area contributed by atoms with Crippen molar-refractivity contribution in [3.8, 4) is 11.5 Å². The SMILES string of the molecule is COc1ccc(CC(=O)Nc2nnc(C(F)F)s2)cc1OC. The van der Waals surface area contributed by atoms with Crippen LogP contribution in [0.5, 0.6) is 11.5 Å². The van der Waals surface area contributed by atoms with E-state index in [4.69, 9.17) is 9.47 Å². The van der Waals surface area contributed by atoms with Gasteiger partial charge >= 0.3 is 0 Å². The van der Waals surface area contributed by atoms with Crippen LogP contribution in [0.3, 0.4) is 0 Å². The molecule has 1 heterocycles. The molecule has 0 bridgehead atoms. The summed E-state index contributed by atoms with van der Waals surface area (Å²) < 4.78 is 35.0. The zero-order valence-corrected chi connectivity index (χ0v) is 12.6. The van der Waals surface area contributed by atoms with Crippen LogP contribution in [-0.2, 0) is 11.2 Å². The van der Waals surface area contributed by atoms with E-state index in [-0.39, 0.29) is 17.5 Å². The first-order chi connectivity index (χ1) is 10.5. The number of carbonyl (C=O) groups excluding carboxylic acids is 1. The smallest absolute Gasteiger partial charge is 0.291 e. The molecule has 0 saturated heterocycles. The van der Waals surface area contributed by atoms with Crippen LogP contribution in [0, 0.1) is 0 Å². The Kier molecular flexibility index (Phi) is 5.21. The molecule has 0 radical (unpaired) electrons. The van der Waals surface area contributed by atoms with Crippen LogP contribution < -0.4 is 14.8 Å². The molecule has 0 saturated carbocycles. The minimum atomic E-state index is -2.70. The second kappa shape index (κ2) is 7.12. The fourth-order valence-electron chi connectivity index (χ4n) is 1.71. The van der Waals surface area contributed by atoms with Gasteiger partial charge in [-0.3, -0.25) is 4.79 Å². The van der Waals surface area contributed by atoms with Crippen molar-refractivity contribution in [1.82, 2.24) is 10.2 Å². The zero-order chi connectivity index (χ0) is 16.1. The average Bonchev–Trinajstić information content (AvgIpc) is 2.95. The van der Waals surface area contributed by atoms with E-state index in [0.717, 1.165) is 0 Å². The number of benzene rings is 1. The Bertz CT molecular complexity index is 664. The Balaban J connectivity index is 2.02. The maximum absolute atomic E-state index is 12.4. The fraction of sp³-hybridized carbons (Fsp3) is 0.308. The number of aromatic nitrogens is 2. The lowest BCUT2D eigenvalue weighted by Crippen LogP contribution is -2.14. The van der Waals surface area contributed by atoms with Crippen molar-refractivity contribution in [1.29, 1.82) is 0 Å². The molecule has 2 rings (SSSR count). The van der Waals surface area contributed by atoms with Crippen molar-refractivity contribution in [2.75, 3.05) is 19.5 Å². The summed E-state index contributed by atoms with van der Waals surface area (Å²) in [4.78, 5) is 11.9. The molecular formula is C13H13F2N3O3S. The molecule has 2 aromatic rings. The number of anilines is 1. The number of ether oxygens (including phenoxy) is 2. The lowest BCUT2D eigenvalue weighted by atomic mass is 10.1. The molecule has 0 fully saturated rings. The Morgan fingerprint density at radius 3 is 2.59 bits per heavy atom. The Labute approximate surface area is 129 Å². The quantitative estimate of drug-likeness (QED) is 0.882. The summed E-state index contributed by atoms with van der Waals surface area (Å²) in [5.74, 6) is 0.672. The minimum Gasteiger partial charge on any atom is -0.493 e. The molecule has 0 spiro atoms. The van der Waals surface area contributed by atoms with Gasteiger partial charge in [0.2, 0.25) is 11.0 Å². The number of halogens is 2. The molecule has 22 heavy (non-hydrogen) atoms. The highest BCUT2D eigenvalue weighted by Crippen LogP contribution is 2.28. The lowest BCUT2D eigenvalue weighted by molar-refractivity contribution is -0.115. The summed E-state index contributed by atoms with van der Waals surface area (Å²) in [7, 11) is 3.01. The third kappa shape index (κ3) is 3.88. The van der Waals surface area contributed by atoms with Gasteiger partial charge in [0.25, 0.3) is 6.43 Å². The molecule has 0 aliphatic carbocycles. The number of alkyl halides is 2. The van der Waals surface area contributed by atoms with Gasteiger partial charge in [-0.05, 0) is 17.7 Å². The molecule has 0 aliphatic heterocycles. The Morgan fingerprint density at radius 1 is 1.27 bits per heavy atom. The van der Waals surface area contributed by atoms with E-state index in [1.165, 1.54) is 14.2 Å². The van der Waals surface area contributed by atoms with Crippen molar-refractivity contribution in [2.45, 2.75) is 12.8 Å².